The van der Waals surface area contributed by atoms with Crippen molar-refractivity contribution in [2.24, 2.45) is 0 Å². The number of sulfonamides is 1. The molecular formula is C17H17N3O3S. The highest BCUT2D eigenvalue weighted by atomic mass is 32.2. The van der Waals surface area contributed by atoms with Gasteiger partial charge in [0.05, 0.1) is 22.5 Å². The van der Waals surface area contributed by atoms with Crippen molar-refractivity contribution in [3.8, 4) is 0 Å². The van der Waals surface area contributed by atoms with E-state index in [1.54, 1.807) is 0 Å². The molecule has 24 heavy (non-hydrogen) atoms. The number of nitrogens with one attached hydrogen (secondary N) is 1. The zero-order valence-corrected chi connectivity index (χ0v) is 14.2. The Balaban J connectivity index is 1.84. The van der Waals surface area contributed by atoms with Gasteiger partial charge in [0, 0.05) is 12.6 Å². The molecule has 2 aromatic carbocycles. The summed E-state index contributed by atoms with van der Waals surface area (Å²) in [6.07, 6.45) is 0. The normalized spacial score (nSPS) is 12.0. The Morgan fingerprint density at radius 2 is 1.79 bits per heavy atom. The predicted molar refractivity (Wildman–Crippen MR) is 91.2 cm³/mol. The Morgan fingerprint density at radius 1 is 1.12 bits per heavy atom. The van der Waals surface area contributed by atoms with Crippen molar-refractivity contribution >= 4 is 26.8 Å². The van der Waals surface area contributed by atoms with Crippen LogP contribution in [0, 0.1) is 0 Å². The van der Waals surface area contributed by atoms with Gasteiger partial charge in [0.2, 0.25) is 10.0 Å². The summed E-state index contributed by atoms with van der Waals surface area (Å²) in [4.78, 5) is 18.9. The van der Waals surface area contributed by atoms with E-state index in [2.05, 4.69) is 9.97 Å². The first-order chi connectivity index (χ1) is 11.4. The topological polar surface area (TPSA) is 83.1 Å². The van der Waals surface area contributed by atoms with Gasteiger partial charge >= 0.3 is 0 Å². The second-order valence-corrected chi connectivity index (χ2v) is 7.59. The Labute approximate surface area is 140 Å². The highest BCUT2D eigenvalue weighted by Gasteiger charge is 2.22. The minimum atomic E-state index is -3.66. The third-order valence-corrected chi connectivity index (χ3v) is 5.60. The van der Waals surface area contributed by atoms with E-state index >= 15 is 0 Å². The summed E-state index contributed by atoms with van der Waals surface area (Å²) in [5.41, 5.74) is 2.14. The molecule has 1 heterocycles. The Bertz CT molecular complexity index is 958. The van der Waals surface area contributed by atoms with E-state index < -0.39 is 10.0 Å². The van der Waals surface area contributed by atoms with Crippen molar-refractivity contribution < 1.29 is 13.2 Å². The predicted octanol–water partition coefficient (Wildman–Crippen LogP) is 2.59. The van der Waals surface area contributed by atoms with E-state index in [4.69, 9.17) is 0 Å². The van der Waals surface area contributed by atoms with E-state index in [1.807, 2.05) is 24.3 Å². The number of para-hydroxylation sites is 2. The maximum absolute atomic E-state index is 12.6. The first-order valence-electron chi connectivity index (χ1n) is 7.39. The first kappa shape index (κ1) is 16.4. The van der Waals surface area contributed by atoms with Crippen molar-refractivity contribution in [3.05, 3.63) is 59.9 Å². The smallest absolute Gasteiger partial charge is 0.243 e. The van der Waals surface area contributed by atoms with E-state index in [0.29, 0.717) is 11.4 Å². The molecule has 0 fully saturated rings. The zero-order valence-electron chi connectivity index (χ0n) is 13.4. The van der Waals surface area contributed by atoms with Gasteiger partial charge in [0.15, 0.2) is 5.78 Å². The number of aromatic nitrogens is 2. The van der Waals surface area contributed by atoms with Crippen LogP contribution in [0.25, 0.3) is 11.0 Å². The average molecular weight is 343 g/mol. The molecule has 0 aliphatic rings. The highest BCUT2D eigenvalue weighted by molar-refractivity contribution is 7.89. The number of fused-ring (bicyclic) bond motifs is 1. The molecule has 0 bridgehead atoms. The standard InChI is InChI=1S/C17H17N3O3S/c1-12(21)13-7-9-14(10-8-13)24(22,23)20(2)11-17-18-15-5-3-4-6-16(15)19-17/h3-10H,11H2,1-2H3,(H,18,19). The van der Waals surface area contributed by atoms with Crippen molar-refractivity contribution in [1.82, 2.24) is 14.3 Å². The van der Waals surface area contributed by atoms with Crippen LogP contribution < -0.4 is 0 Å². The van der Waals surface area contributed by atoms with Crippen LogP contribution in [-0.2, 0) is 16.6 Å². The SMILES string of the molecule is CC(=O)c1ccc(S(=O)(=O)N(C)Cc2nc3ccccc3[nH]2)cc1. The Morgan fingerprint density at radius 3 is 2.42 bits per heavy atom. The number of carbonyl (C=O) groups excluding carboxylic acids is 1. The molecule has 0 saturated carbocycles. The van der Waals surface area contributed by atoms with E-state index in [9.17, 15) is 13.2 Å². The number of aromatic amines is 1. The van der Waals surface area contributed by atoms with Crippen molar-refractivity contribution in [3.63, 3.8) is 0 Å². The van der Waals surface area contributed by atoms with Gasteiger partial charge in [-0.05, 0) is 31.2 Å². The molecule has 0 aliphatic carbocycles. The van der Waals surface area contributed by atoms with Gasteiger partial charge in [0.1, 0.15) is 5.82 Å². The number of nitrogens with zero attached hydrogens (tertiary/aromatic N) is 2. The number of rotatable bonds is 5. The quantitative estimate of drug-likeness (QED) is 0.722. The number of imidazole rings is 1. The van der Waals surface area contributed by atoms with Gasteiger partial charge < -0.3 is 4.98 Å². The second-order valence-electron chi connectivity index (χ2n) is 5.54. The van der Waals surface area contributed by atoms with Crippen LogP contribution in [0.1, 0.15) is 23.1 Å². The summed E-state index contributed by atoms with van der Waals surface area (Å²) in [7, 11) is -2.15. The highest BCUT2D eigenvalue weighted by Crippen LogP contribution is 2.18. The maximum Gasteiger partial charge on any atom is 0.243 e. The molecule has 0 aliphatic heterocycles. The molecule has 0 amide bonds. The van der Waals surface area contributed by atoms with Gasteiger partial charge in [0.25, 0.3) is 0 Å². The summed E-state index contributed by atoms with van der Waals surface area (Å²) < 4.78 is 26.5. The van der Waals surface area contributed by atoms with Gasteiger partial charge in [-0.15, -0.1) is 0 Å². The molecule has 7 heteroatoms. The summed E-state index contributed by atoms with van der Waals surface area (Å²) in [6.45, 7) is 1.57. The van der Waals surface area contributed by atoms with Crippen molar-refractivity contribution in [1.29, 1.82) is 0 Å². The number of benzene rings is 2. The average Bonchev–Trinajstić information content (AvgIpc) is 2.97. The molecule has 1 N–H and O–H groups in total. The number of H-pyrrole nitrogens is 1. The number of Topliss-reactive ketones (excluding diaryl/α,β-unsaturated/α-hetero) is 1. The fraction of sp³-hybridized carbons (Fsp3) is 0.176. The van der Waals surface area contributed by atoms with Gasteiger partial charge in [-0.25, -0.2) is 13.4 Å². The first-order valence-corrected chi connectivity index (χ1v) is 8.83. The van der Waals surface area contributed by atoms with Crippen molar-refractivity contribution in [2.45, 2.75) is 18.4 Å². The third-order valence-electron chi connectivity index (χ3n) is 3.78. The van der Waals surface area contributed by atoms with Gasteiger partial charge in [-0.2, -0.15) is 4.31 Å². The lowest BCUT2D eigenvalue weighted by atomic mass is 10.2. The molecular weight excluding hydrogens is 326 g/mol. The molecule has 1 aromatic heterocycles. The van der Waals surface area contributed by atoms with Gasteiger partial charge in [-0.3, -0.25) is 4.79 Å². The number of ketones is 1. The van der Waals surface area contributed by atoms with Crippen LogP contribution in [0.3, 0.4) is 0 Å². The monoisotopic (exact) mass is 343 g/mol. The van der Waals surface area contributed by atoms with Crippen LogP contribution in [0.5, 0.6) is 0 Å². The van der Waals surface area contributed by atoms with Crippen LogP contribution in [0.15, 0.2) is 53.4 Å². The number of hydrogen-bond donors (Lipinski definition) is 1. The summed E-state index contributed by atoms with van der Waals surface area (Å²) >= 11 is 0. The lowest BCUT2D eigenvalue weighted by Crippen LogP contribution is -2.27. The lowest BCUT2D eigenvalue weighted by Gasteiger charge is -2.16. The van der Waals surface area contributed by atoms with Crippen LogP contribution >= 0.6 is 0 Å². The lowest BCUT2D eigenvalue weighted by molar-refractivity contribution is 0.101. The second kappa shape index (κ2) is 6.18. The number of hydrogen-bond acceptors (Lipinski definition) is 4. The molecule has 0 saturated heterocycles. The van der Waals surface area contributed by atoms with Crippen LogP contribution in [0.2, 0.25) is 0 Å². The summed E-state index contributed by atoms with van der Waals surface area (Å²) in [5, 5.41) is 0. The third kappa shape index (κ3) is 3.08. The Hall–Kier alpha value is -2.51. The molecule has 3 rings (SSSR count). The maximum atomic E-state index is 12.6. The van der Waals surface area contributed by atoms with Crippen LogP contribution in [0.4, 0.5) is 0 Å². The molecule has 124 valence electrons. The fourth-order valence-corrected chi connectivity index (χ4v) is 3.55. The summed E-state index contributed by atoms with van der Waals surface area (Å²) in [5.74, 6) is 0.470. The summed E-state index contributed by atoms with van der Waals surface area (Å²) in [6, 6.07) is 13.5. The van der Waals surface area contributed by atoms with Gasteiger partial charge in [-0.1, -0.05) is 24.3 Å². The molecule has 6 nitrogen and oxygen atoms in total. The Kier molecular flexibility index (Phi) is 4.21. The largest absolute Gasteiger partial charge is 0.341 e. The van der Waals surface area contributed by atoms with Crippen molar-refractivity contribution in [2.75, 3.05) is 7.05 Å². The zero-order chi connectivity index (χ0) is 17.3. The molecule has 0 spiro atoms. The fourth-order valence-electron chi connectivity index (χ4n) is 2.42. The minimum absolute atomic E-state index is 0.102. The molecule has 0 atom stereocenters. The van der Waals surface area contributed by atoms with E-state index in [-0.39, 0.29) is 17.2 Å². The van der Waals surface area contributed by atoms with Crippen LogP contribution in [-0.4, -0.2) is 35.5 Å². The minimum Gasteiger partial charge on any atom is -0.341 e. The molecule has 0 radical (unpaired) electrons. The molecule has 3 aromatic rings. The van der Waals surface area contributed by atoms with E-state index in [0.717, 1.165) is 11.0 Å². The van der Waals surface area contributed by atoms with E-state index in [1.165, 1.54) is 42.5 Å². The number of carbonyl (C=O) groups is 1. The molecule has 0 unspecified atom stereocenters.